The molecule has 0 aromatic rings. The summed E-state index contributed by atoms with van der Waals surface area (Å²) < 4.78 is 68.0. The highest BCUT2D eigenvalue weighted by atomic mass is 19.4. The van der Waals surface area contributed by atoms with Crippen LogP contribution in [0.2, 0.25) is 0 Å². The zero-order valence-corrected chi connectivity index (χ0v) is 11.9. The van der Waals surface area contributed by atoms with Crippen molar-refractivity contribution >= 4 is 11.9 Å². The lowest BCUT2D eigenvalue weighted by molar-refractivity contribution is -0.192. The Kier molecular flexibility index (Phi) is 5.89. The Hall–Kier alpha value is -1.52. The Labute approximate surface area is 127 Å². The summed E-state index contributed by atoms with van der Waals surface area (Å²) in [5, 5.41) is 12.4. The summed E-state index contributed by atoms with van der Waals surface area (Å²) in [5.41, 5.74) is -0.0772. The molecule has 0 aromatic heterocycles. The van der Waals surface area contributed by atoms with E-state index in [1.165, 1.54) is 0 Å². The fourth-order valence-electron chi connectivity index (χ4n) is 2.69. The summed E-state index contributed by atoms with van der Waals surface area (Å²) in [5.74, 6) is -4.55. The predicted molar refractivity (Wildman–Crippen MR) is 65.4 cm³/mol. The predicted octanol–water partition coefficient (Wildman–Crippen LogP) is 1.83. The molecule has 1 amide bonds. The lowest BCUT2D eigenvalue weighted by Crippen LogP contribution is -2.60. The third kappa shape index (κ3) is 5.26. The molecule has 2 aliphatic rings. The van der Waals surface area contributed by atoms with Crippen LogP contribution in [0.5, 0.6) is 0 Å². The third-order valence-corrected chi connectivity index (χ3v) is 4.07. The van der Waals surface area contributed by atoms with E-state index in [0.717, 1.165) is 32.4 Å². The van der Waals surface area contributed by atoms with Crippen LogP contribution in [-0.4, -0.2) is 48.5 Å². The van der Waals surface area contributed by atoms with E-state index >= 15 is 0 Å². The van der Waals surface area contributed by atoms with E-state index in [4.69, 9.17) is 9.90 Å². The molecule has 0 radical (unpaired) electrons. The van der Waals surface area contributed by atoms with Crippen molar-refractivity contribution in [2.75, 3.05) is 13.1 Å². The number of carbonyl (C=O) groups is 2. The van der Waals surface area contributed by atoms with Crippen LogP contribution in [0.1, 0.15) is 25.7 Å². The SMILES string of the molecule is O=C(NC1CCC12CCNCC2)C(F)(F)F.O=C(O)C(F)(F)F. The van der Waals surface area contributed by atoms with Crippen molar-refractivity contribution in [2.24, 2.45) is 5.41 Å². The van der Waals surface area contributed by atoms with Crippen LogP contribution in [0.15, 0.2) is 0 Å². The Bertz CT molecular complexity index is 443. The molecule has 1 saturated carbocycles. The number of carboxylic acids is 1. The molecule has 1 aliphatic carbocycles. The summed E-state index contributed by atoms with van der Waals surface area (Å²) in [6.07, 6.45) is -6.53. The van der Waals surface area contributed by atoms with Crippen molar-refractivity contribution in [3.05, 3.63) is 0 Å². The summed E-state index contributed by atoms with van der Waals surface area (Å²) in [4.78, 5) is 19.7. The molecule has 1 atom stereocenters. The number of hydrogen-bond donors (Lipinski definition) is 3. The first-order chi connectivity index (χ1) is 10.4. The Morgan fingerprint density at radius 2 is 1.48 bits per heavy atom. The van der Waals surface area contributed by atoms with Gasteiger partial charge in [-0.2, -0.15) is 26.3 Å². The Balaban J connectivity index is 0.000000322. The van der Waals surface area contributed by atoms with Crippen molar-refractivity contribution in [1.82, 2.24) is 10.6 Å². The van der Waals surface area contributed by atoms with Gasteiger partial charge in [-0.15, -0.1) is 0 Å². The van der Waals surface area contributed by atoms with Gasteiger partial charge >= 0.3 is 24.2 Å². The molecule has 1 unspecified atom stereocenters. The molecule has 1 saturated heterocycles. The maximum Gasteiger partial charge on any atom is 0.490 e. The first-order valence-corrected chi connectivity index (χ1v) is 6.77. The van der Waals surface area contributed by atoms with Crippen molar-refractivity contribution < 1.29 is 41.0 Å². The van der Waals surface area contributed by atoms with E-state index in [9.17, 15) is 31.1 Å². The van der Waals surface area contributed by atoms with Crippen molar-refractivity contribution in [2.45, 2.75) is 44.1 Å². The highest BCUT2D eigenvalue weighted by Gasteiger charge is 2.50. The van der Waals surface area contributed by atoms with E-state index in [1.54, 1.807) is 0 Å². The van der Waals surface area contributed by atoms with Gasteiger partial charge in [-0.1, -0.05) is 0 Å². The van der Waals surface area contributed by atoms with Crippen LogP contribution >= 0.6 is 0 Å². The minimum atomic E-state index is -5.08. The quantitative estimate of drug-likeness (QED) is 0.631. The lowest BCUT2D eigenvalue weighted by Gasteiger charge is -2.52. The molecule has 3 N–H and O–H groups in total. The average Bonchev–Trinajstić information content (AvgIpc) is 2.42. The topological polar surface area (TPSA) is 78.4 Å². The molecule has 2 fully saturated rings. The molecule has 1 spiro atoms. The molecule has 0 bridgehead atoms. The van der Waals surface area contributed by atoms with Gasteiger partial charge in [0.2, 0.25) is 0 Å². The monoisotopic (exact) mass is 350 g/mol. The normalized spacial score (nSPS) is 23.3. The summed E-state index contributed by atoms with van der Waals surface area (Å²) in [7, 11) is 0. The number of piperidine rings is 1. The number of aliphatic carboxylic acids is 1. The first-order valence-electron chi connectivity index (χ1n) is 6.77. The second-order valence-electron chi connectivity index (χ2n) is 5.48. The fraction of sp³-hybridized carbons (Fsp3) is 0.833. The van der Waals surface area contributed by atoms with Gasteiger partial charge in [0.05, 0.1) is 0 Å². The molecule has 11 heteroatoms. The number of carboxylic acid groups (broad SMARTS) is 1. The second-order valence-corrected chi connectivity index (χ2v) is 5.48. The molecule has 1 heterocycles. The lowest BCUT2D eigenvalue weighted by atomic mass is 9.59. The van der Waals surface area contributed by atoms with Gasteiger partial charge in [0.1, 0.15) is 0 Å². The summed E-state index contributed by atoms with van der Waals surface area (Å²) in [6.45, 7) is 1.66. The van der Waals surface area contributed by atoms with Crippen LogP contribution < -0.4 is 10.6 Å². The smallest absolute Gasteiger partial charge is 0.475 e. The number of hydrogen-bond acceptors (Lipinski definition) is 3. The fourth-order valence-corrected chi connectivity index (χ4v) is 2.69. The van der Waals surface area contributed by atoms with E-state index in [1.807, 2.05) is 0 Å². The van der Waals surface area contributed by atoms with Gasteiger partial charge < -0.3 is 15.7 Å². The molecule has 1 aliphatic heterocycles. The standard InChI is InChI=1S/C10H15F3N2O.C2HF3O2/c11-10(12,13)8(16)15-7-1-2-9(7)3-5-14-6-4-9;3-2(4,5)1(6)7/h7,14H,1-6H2,(H,15,16);(H,6,7). The van der Waals surface area contributed by atoms with Gasteiger partial charge in [0, 0.05) is 6.04 Å². The summed E-state index contributed by atoms with van der Waals surface area (Å²) >= 11 is 0. The minimum absolute atomic E-state index is 0.0772. The highest BCUT2D eigenvalue weighted by Crippen LogP contribution is 2.48. The summed E-state index contributed by atoms with van der Waals surface area (Å²) in [6, 6.07) is -0.288. The number of amides is 1. The van der Waals surface area contributed by atoms with Crippen LogP contribution in [-0.2, 0) is 9.59 Å². The Morgan fingerprint density at radius 1 is 1.00 bits per heavy atom. The largest absolute Gasteiger partial charge is 0.490 e. The van der Waals surface area contributed by atoms with Crippen molar-refractivity contribution in [3.63, 3.8) is 0 Å². The van der Waals surface area contributed by atoms with Crippen LogP contribution in [0.3, 0.4) is 0 Å². The van der Waals surface area contributed by atoms with Gasteiger partial charge in [0.15, 0.2) is 0 Å². The number of rotatable bonds is 1. The zero-order chi connectivity index (χ0) is 17.9. The highest BCUT2D eigenvalue weighted by molar-refractivity contribution is 5.82. The molecule has 2 rings (SSSR count). The van der Waals surface area contributed by atoms with E-state index in [-0.39, 0.29) is 11.5 Å². The third-order valence-electron chi connectivity index (χ3n) is 4.07. The van der Waals surface area contributed by atoms with Gasteiger partial charge in [0.25, 0.3) is 0 Å². The maximum absolute atomic E-state index is 12.1. The maximum atomic E-state index is 12.1. The van der Waals surface area contributed by atoms with Crippen molar-refractivity contribution in [1.29, 1.82) is 0 Å². The first kappa shape index (κ1) is 19.5. The molecule has 0 aromatic carbocycles. The van der Waals surface area contributed by atoms with Crippen molar-refractivity contribution in [3.8, 4) is 0 Å². The van der Waals surface area contributed by atoms with Gasteiger partial charge in [-0.25, -0.2) is 4.79 Å². The molecule has 134 valence electrons. The molecule has 5 nitrogen and oxygen atoms in total. The van der Waals surface area contributed by atoms with Crippen LogP contribution in [0.25, 0.3) is 0 Å². The van der Waals surface area contributed by atoms with Gasteiger partial charge in [-0.3, -0.25) is 4.79 Å². The number of alkyl halides is 6. The molecular formula is C12H16F6N2O3. The van der Waals surface area contributed by atoms with Crippen LogP contribution in [0, 0.1) is 5.41 Å². The minimum Gasteiger partial charge on any atom is -0.475 e. The van der Waals surface area contributed by atoms with E-state index < -0.39 is 24.2 Å². The molecular weight excluding hydrogens is 334 g/mol. The Morgan fingerprint density at radius 3 is 1.78 bits per heavy atom. The van der Waals surface area contributed by atoms with Crippen LogP contribution in [0.4, 0.5) is 26.3 Å². The number of halogens is 6. The van der Waals surface area contributed by atoms with E-state index in [2.05, 4.69) is 10.6 Å². The number of carbonyl (C=O) groups excluding carboxylic acids is 1. The number of nitrogens with one attached hydrogen (secondary N) is 2. The zero-order valence-electron chi connectivity index (χ0n) is 11.9. The molecule has 23 heavy (non-hydrogen) atoms. The van der Waals surface area contributed by atoms with E-state index in [0.29, 0.717) is 6.42 Å². The average molecular weight is 350 g/mol. The van der Waals surface area contributed by atoms with Gasteiger partial charge in [-0.05, 0) is 44.2 Å². The second kappa shape index (κ2) is 6.93.